The van der Waals surface area contributed by atoms with Crippen LogP contribution in [0.15, 0.2) is 36.8 Å². The molecule has 1 aliphatic heterocycles. The number of hydrogen-bond donors (Lipinski definition) is 0. The lowest BCUT2D eigenvalue weighted by Gasteiger charge is -2.33. The second-order valence-electron chi connectivity index (χ2n) is 8.60. The lowest BCUT2D eigenvalue weighted by atomic mass is 9.91. The van der Waals surface area contributed by atoms with Gasteiger partial charge >= 0.3 is 0 Å². The third-order valence-corrected chi connectivity index (χ3v) is 5.59. The second kappa shape index (κ2) is 8.41. The van der Waals surface area contributed by atoms with Gasteiger partial charge in [0.1, 0.15) is 11.6 Å². The molecule has 0 amide bonds. The molecule has 4 rings (SSSR count). The fourth-order valence-electron chi connectivity index (χ4n) is 4.20. The van der Waals surface area contributed by atoms with E-state index in [-0.39, 0.29) is 11.7 Å². The van der Waals surface area contributed by atoms with E-state index in [0.717, 1.165) is 54.5 Å². The third kappa shape index (κ3) is 4.70. The van der Waals surface area contributed by atoms with Crippen LogP contribution in [-0.4, -0.2) is 50.1 Å². The molecule has 0 radical (unpaired) electrons. The summed E-state index contributed by atoms with van der Waals surface area (Å²) in [4.78, 5) is 24.5. The number of fused-ring (bicyclic) bond motifs is 1. The lowest BCUT2D eigenvalue weighted by Crippen LogP contribution is -2.40. The highest BCUT2D eigenvalue weighted by Gasteiger charge is 2.26. The number of ketones is 1. The van der Waals surface area contributed by atoms with Gasteiger partial charge in [-0.25, -0.2) is 9.97 Å². The Hall–Kier alpha value is -2.60. The van der Waals surface area contributed by atoms with Crippen LogP contribution in [0.3, 0.4) is 0 Å². The van der Waals surface area contributed by atoms with Crippen molar-refractivity contribution in [1.29, 1.82) is 0 Å². The zero-order chi connectivity index (χ0) is 20.4. The van der Waals surface area contributed by atoms with Crippen molar-refractivity contribution in [2.75, 3.05) is 19.6 Å². The molecule has 0 aliphatic carbocycles. The van der Waals surface area contributed by atoms with Gasteiger partial charge < -0.3 is 4.90 Å². The molecule has 1 fully saturated rings. The topological polar surface area (TPSA) is 63.9 Å². The molecule has 0 saturated carbocycles. The first-order valence-corrected chi connectivity index (χ1v) is 10.5. The number of hydrogen-bond acceptors (Lipinski definition) is 5. The lowest BCUT2D eigenvalue weighted by molar-refractivity contribution is -0.124. The van der Waals surface area contributed by atoms with Gasteiger partial charge in [0.2, 0.25) is 0 Å². The van der Waals surface area contributed by atoms with Crippen LogP contribution in [0.1, 0.15) is 32.5 Å². The largest absolute Gasteiger partial charge is 0.302 e. The van der Waals surface area contributed by atoms with Gasteiger partial charge in [0.25, 0.3) is 0 Å². The van der Waals surface area contributed by atoms with Gasteiger partial charge in [-0.1, -0.05) is 26.0 Å². The van der Waals surface area contributed by atoms with Gasteiger partial charge in [-0.3, -0.25) is 9.48 Å². The molecule has 0 N–H and O–H groups in total. The Kier molecular flexibility index (Phi) is 5.72. The van der Waals surface area contributed by atoms with Crippen LogP contribution in [0.5, 0.6) is 0 Å². The van der Waals surface area contributed by atoms with E-state index >= 15 is 0 Å². The van der Waals surface area contributed by atoms with E-state index in [0.29, 0.717) is 18.2 Å². The number of likely N-dealkylation sites (tertiary alicyclic amines) is 1. The molecule has 1 aromatic carbocycles. The Balaban J connectivity index is 1.49. The molecule has 1 saturated heterocycles. The number of carbonyl (C=O) groups is 1. The van der Waals surface area contributed by atoms with Crippen LogP contribution >= 0.6 is 0 Å². The first-order valence-electron chi connectivity index (χ1n) is 10.5. The third-order valence-electron chi connectivity index (χ3n) is 5.59. The summed E-state index contributed by atoms with van der Waals surface area (Å²) in [6.45, 7) is 7.50. The number of nitrogens with zero attached hydrogens (tertiary/aromatic N) is 5. The molecular formula is C23H29N5O. The number of aryl methyl sites for hydroxylation is 1. The fourth-order valence-corrected chi connectivity index (χ4v) is 4.20. The van der Waals surface area contributed by atoms with Gasteiger partial charge in [-0.2, -0.15) is 5.10 Å². The predicted octanol–water partition coefficient (Wildman–Crippen LogP) is 3.51. The maximum Gasteiger partial charge on any atom is 0.144 e. The Labute approximate surface area is 172 Å². The van der Waals surface area contributed by atoms with Crippen molar-refractivity contribution in [1.82, 2.24) is 24.6 Å². The minimum atomic E-state index is 0.100. The number of carbonyl (C=O) groups excluding carboxylic acids is 1. The smallest absolute Gasteiger partial charge is 0.144 e. The molecule has 1 aliphatic rings. The summed E-state index contributed by atoms with van der Waals surface area (Å²) in [6.07, 6.45) is 8.04. The Bertz CT molecular complexity index is 1010. The van der Waals surface area contributed by atoms with Crippen LogP contribution in [-0.2, 0) is 18.3 Å². The average Bonchev–Trinajstić information content (AvgIpc) is 3.13. The molecule has 6 nitrogen and oxygen atoms in total. The predicted molar refractivity (Wildman–Crippen MR) is 114 cm³/mol. The van der Waals surface area contributed by atoms with E-state index in [1.165, 1.54) is 0 Å². The van der Waals surface area contributed by atoms with E-state index in [4.69, 9.17) is 4.98 Å². The van der Waals surface area contributed by atoms with Gasteiger partial charge in [0.15, 0.2) is 0 Å². The van der Waals surface area contributed by atoms with Crippen molar-refractivity contribution in [3.05, 3.63) is 42.6 Å². The molecule has 1 atom stereocenters. The summed E-state index contributed by atoms with van der Waals surface area (Å²) in [5, 5.41) is 5.22. The van der Waals surface area contributed by atoms with Crippen molar-refractivity contribution in [2.24, 2.45) is 18.9 Å². The highest BCUT2D eigenvalue weighted by atomic mass is 16.1. The summed E-state index contributed by atoms with van der Waals surface area (Å²) >= 11 is 0. The minimum absolute atomic E-state index is 0.100. The van der Waals surface area contributed by atoms with Crippen LogP contribution in [0.2, 0.25) is 0 Å². The number of Topliss-reactive ketones (excluding diaryl/α,β-unsaturated/α-hetero) is 1. The molecule has 0 bridgehead atoms. The average molecular weight is 392 g/mol. The van der Waals surface area contributed by atoms with Crippen LogP contribution in [0.4, 0.5) is 0 Å². The molecule has 0 spiro atoms. The number of piperidine rings is 1. The Morgan fingerprint density at radius 1 is 1.24 bits per heavy atom. The van der Waals surface area contributed by atoms with Gasteiger partial charge in [-0.05, 0) is 36.9 Å². The second-order valence-corrected chi connectivity index (χ2v) is 8.60. The van der Waals surface area contributed by atoms with Gasteiger partial charge in [0, 0.05) is 49.4 Å². The number of rotatable bonds is 6. The van der Waals surface area contributed by atoms with E-state index in [2.05, 4.69) is 34.9 Å². The maximum atomic E-state index is 12.9. The van der Waals surface area contributed by atoms with E-state index < -0.39 is 0 Å². The van der Waals surface area contributed by atoms with Gasteiger partial charge in [-0.15, -0.1) is 0 Å². The highest BCUT2D eigenvalue weighted by molar-refractivity contribution is 5.85. The van der Waals surface area contributed by atoms with Crippen LogP contribution in [0.25, 0.3) is 22.0 Å². The standard InChI is InChI=1S/C23H29N5O/c1-16(2)13-28-8-4-5-19(15-28)22(29)10-23-24-11-18-7-6-17(9-21(18)26-23)20-12-25-27(3)14-20/h6-7,9,11-12,14,16,19H,4-5,8,10,13,15H2,1-3H3/t19-/m1/s1. The summed E-state index contributed by atoms with van der Waals surface area (Å²) in [5.74, 6) is 1.61. The summed E-state index contributed by atoms with van der Waals surface area (Å²) in [6, 6.07) is 6.13. The SMILES string of the molecule is CC(C)CN1CCC[C@@H](C(=O)Cc2ncc3ccc(-c4cnn(C)c4)cc3n2)C1. The first-order chi connectivity index (χ1) is 14.0. The monoisotopic (exact) mass is 391 g/mol. The molecule has 2 aromatic heterocycles. The Morgan fingerprint density at radius 3 is 2.86 bits per heavy atom. The van der Waals surface area contributed by atoms with Crippen molar-refractivity contribution in [3.63, 3.8) is 0 Å². The zero-order valence-corrected chi connectivity index (χ0v) is 17.5. The molecular weight excluding hydrogens is 362 g/mol. The van der Waals surface area contributed by atoms with Crippen molar-refractivity contribution < 1.29 is 4.79 Å². The molecule has 29 heavy (non-hydrogen) atoms. The summed E-state index contributed by atoms with van der Waals surface area (Å²) < 4.78 is 1.79. The molecule has 3 heterocycles. The normalized spacial score (nSPS) is 17.9. The Morgan fingerprint density at radius 2 is 2.10 bits per heavy atom. The van der Waals surface area contributed by atoms with E-state index in [1.54, 1.807) is 4.68 Å². The van der Waals surface area contributed by atoms with E-state index in [9.17, 15) is 4.79 Å². The summed E-state index contributed by atoms with van der Waals surface area (Å²) in [5.41, 5.74) is 2.99. The minimum Gasteiger partial charge on any atom is -0.302 e. The van der Waals surface area contributed by atoms with Gasteiger partial charge in [0.05, 0.1) is 18.1 Å². The number of benzene rings is 1. The molecule has 152 valence electrons. The molecule has 0 unspecified atom stereocenters. The first kappa shape index (κ1) is 19.7. The van der Waals surface area contributed by atoms with Crippen molar-refractivity contribution in [3.8, 4) is 11.1 Å². The highest BCUT2D eigenvalue weighted by Crippen LogP contribution is 2.24. The summed E-state index contributed by atoms with van der Waals surface area (Å²) in [7, 11) is 1.91. The molecule has 6 heteroatoms. The van der Waals surface area contributed by atoms with Crippen LogP contribution in [0, 0.1) is 11.8 Å². The van der Waals surface area contributed by atoms with E-state index in [1.807, 2.05) is 37.8 Å². The van der Waals surface area contributed by atoms with Crippen molar-refractivity contribution in [2.45, 2.75) is 33.1 Å². The molecule has 3 aromatic rings. The quantitative estimate of drug-likeness (QED) is 0.643. The van der Waals surface area contributed by atoms with Crippen molar-refractivity contribution >= 4 is 16.7 Å². The maximum absolute atomic E-state index is 12.9. The fraction of sp³-hybridized carbons (Fsp3) is 0.478. The zero-order valence-electron chi connectivity index (χ0n) is 17.5. The number of aromatic nitrogens is 4. The van der Waals surface area contributed by atoms with Crippen LogP contribution < -0.4 is 0 Å².